The molecule has 0 amide bonds. The van der Waals surface area contributed by atoms with Crippen LogP contribution in [0.25, 0.3) is 45.0 Å². The third-order valence-corrected chi connectivity index (χ3v) is 6.29. The summed E-state index contributed by atoms with van der Waals surface area (Å²) in [6, 6.07) is 32.5. The van der Waals surface area contributed by atoms with Crippen LogP contribution in [0.3, 0.4) is 0 Å². The Hall–Kier alpha value is -4.84. The van der Waals surface area contributed by atoms with Crippen molar-refractivity contribution in [2.24, 2.45) is 0 Å². The summed E-state index contributed by atoms with van der Waals surface area (Å²) in [6.45, 7) is 0. The molecule has 6 heteroatoms. The Balaban J connectivity index is 1.87. The summed E-state index contributed by atoms with van der Waals surface area (Å²) in [5, 5.41) is 9.73. The largest absolute Gasteiger partial charge is 0.399 e. The van der Waals surface area contributed by atoms with Gasteiger partial charge in [0.05, 0.1) is 22.8 Å². The fraction of sp³-hybridized carbons (Fsp3) is 0.0968. The minimum Gasteiger partial charge on any atom is -0.399 e. The average Bonchev–Trinajstić information content (AvgIpc) is 2.96. The van der Waals surface area contributed by atoms with Crippen molar-refractivity contribution in [1.29, 1.82) is 0 Å². The third kappa shape index (κ3) is 4.95. The summed E-state index contributed by atoms with van der Waals surface area (Å²) in [4.78, 5) is 10.6. The molecule has 0 aliphatic rings. The van der Waals surface area contributed by atoms with Gasteiger partial charge in [-0.15, -0.1) is 0 Å². The van der Waals surface area contributed by atoms with Gasteiger partial charge >= 0.3 is 0 Å². The SMILES string of the molecule is CNc1cc(N)cc(-c2nc(-c3ccccc3)c(-c3cc(NC)cc(NC)c3)nc2-c2ccccc2)c1. The number of nitrogen functional groups attached to an aromatic ring is 1. The van der Waals surface area contributed by atoms with Crippen LogP contribution in [0.5, 0.6) is 0 Å². The van der Waals surface area contributed by atoms with Crippen LogP contribution in [0.2, 0.25) is 0 Å². The molecular formula is C31H30N6. The lowest BCUT2D eigenvalue weighted by atomic mass is 9.98. The van der Waals surface area contributed by atoms with Gasteiger partial charge in [0.15, 0.2) is 0 Å². The Labute approximate surface area is 217 Å². The number of aromatic nitrogens is 2. The highest BCUT2D eigenvalue weighted by Gasteiger charge is 2.20. The number of benzene rings is 4. The van der Waals surface area contributed by atoms with Gasteiger partial charge in [0.25, 0.3) is 0 Å². The quantitative estimate of drug-likeness (QED) is 0.188. The maximum absolute atomic E-state index is 6.29. The molecule has 37 heavy (non-hydrogen) atoms. The van der Waals surface area contributed by atoms with Gasteiger partial charge in [-0.25, -0.2) is 9.97 Å². The zero-order chi connectivity index (χ0) is 25.8. The highest BCUT2D eigenvalue weighted by atomic mass is 14.9. The van der Waals surface area contributed by atoms with Gasteiger partial charge < -0.3 is 21.7 Å². The molecule has 5 N–H and O–H groups in total. The van der Waals surface area contributed by atoms with E-state index in [1.54, 1.807) is 0 Å². The molecule has 0 atom stereocenters. The minimum absolute atomic E-state index is 0.661. The van der Waals surface area contributed by atoms with Crippen LogP contribution in [-0.4, -0.2) is 31.1 Å². The normalized spacial score (nSPS) is 10.7. The summed E-state index contributed by atoms with van der Waals surface area (Å²) < 4.78 is 0. The van der Waals surface area contributed by atoms with Crippen LogP contribution in [-0.2, 0) is 0 Å². The molecular weight excluding hydrogens is 456 g/mol. The van der Waals surface area contributed by atoms with E-state index < -0.39 is 0 Å². The first-order chi connectivity index (χ1) is 18.1. The number of hydrogen-bond donors (Lipinski definition) is 4. The van der Waals surface area contributed by atoms with Crippen LogP contribution < -0.4 is 21.7 Å². The van der Waals surface area contributed by atoms with Crippen LogP contribution in [0, 0.1) is 0 Å². The Morgan fingerprint density at radius 1 is 0.459 bits per heavy atom. The monoisotopic (exact) mass is 486 g/mol. The maximum Gasteiger partial charge on any atom is 0.0974 e. The summed E-state index contributed by atoms with van der Waals surface area (Å²) in [7, 11) is 5.72. The Morgan fingerprint density at radius 2 is 0.838 bits per heavy atom. The van der Waals surface area contributed by atoms with Gasteiger partial charge in [0.2, 0.25) is 0 Å². The molecule has 0 aliphatic heterocycles. The molecule has 1 heterocycles. The van der Waals surface area contributed by atoms with E-state index in [1.165, 1.54) is 0 Å². The van der Waals surface area contributed by atoms with Crippen molar-refractivity contribution in [3.8, 4) is 45.0 Å². The van der Waals surface area contributed by atoms with Gasteiger partial charge in [-0.05, 0) is 36.4 Å². The topological polar surface area (TPSA) is 87.9 Å². The standard InChI is InChI=1S/C31H30N6/c1-33-25-15-22(14-24(32)18-25)30-28(20-10-6-4-7-11-20)37-31(29(36-30)21-12-8-5-9-13-21)23-16-26(34-2)19-27(17-23)35-3/h4-19,33-35H,32H2,1-3H3. The van der Waals surface area contributed by atoms with Crippen molar-refractivity contribution in [3.05, 3.63) is 97.1 Å². The molecule has 1 aromatic heterocycles. The fourth-order valence-electron chi connectivity index (χ4n) is 4.42. The van der Waals surface area contributed by atoms with Gasteiger partial charge in [0, 0.05) is 66.1 Å². The predicted octanol–water partition coefficient (Wildman–Crippen LogP) is 6.85. The van der Waals surface area contributed by atoms with Crippen molar-refractivity contribution in [3.63, 3.8) is 0 Å². The Morgan fingerprint density at radius 3 is 1.27 bits per heavy atom. The molecule has 0 saturated heterocycles. The second-order valence-corrected chi connectivity index (χ2v) is 8.74. The molecule has 5 rings (SSSR count). The summed E-state index contributed by atoms with van der Waals surface area (Å²) >= 11 is 0. The number of nitrogens with two attached hydrogens (primary N) is 1. The maximum atomic E-state index is 6.29. The Kier molecular flexibility index (Phi) is 6.72. The van der Waals surface area contributed by atoms with Gasteiger partial charge in [0.1, 0.15) is 0 Å². The summed E-state index contributed by atoms with van der Waals surface area (Å²) in [6.07, 6.45) is 0. The van der Waals surface area contributed by atoms with Gasteiger partial charge in [-0.2, -0.15) is 0 Å². The van der Waals surface area contributed by atoms with Crippen LogP contribution in [0.1, 0.15) is 0 Å². The van der Waals surface area contributed by atoms with E-state index in [-0.39, 0.29) is 0 Å². The molecule has 184 valence electrons. The van der Waals surface area contributed by atoms with Crippen molar-refractivity contribution < 1.29 is 0 Å². The number of hydrogen-bond acceptors (Lipinski definition) is 6. The molecule has 6 nitrogen and oxygen atoms in total. The predicted molar refractivity (Wildman–Crippen MR) is 157 cm³/mol. The molecule has 0 fully saturated rings. The Bertz CT molecular complexity index is 1510. The molecule has 0 radical (unpaired) electrons. The molecule has 0 saturated carbocycles. The summed E-state index contributed by atoms with van der Waals surface area (Å²) in [5.74, 6) is 0. The number of rotatable bonds is 7. The molecule has 5 aromatic rings. The first-order valence-corrected chi connectivity index (χ1v) is 12.2. The molecule has 0 bridgehead atoms. The van der Waals surface area contributed by atoms with Crippen LogP contribution >= 0.6 is 0 Å². The molecule has 4 aromatic carbocycles. The minimum atomic E-state index is 0.661. The van der Waals surface area contributed by atoms with E-state index >= 15 is 0 Å². The second kappa shape index (κ2) is 10.4. The van der Waals surface area contributed by atoms with Crippen LogP contribution in [0.4, 0.5) is 22.7 Å². The lowest BCUT2D eigenvalue weighted by molar-refractivity contribution is 1.21. The van der Waals surface area contributed by atoms with Crippen molar-refractivity contribution in [2.45, 2.75) is 0 Å². The van der Waals surface area contributed by atoms with E-state index in [2.05, 4.69) is 64.5 Å². The van der Waals surface area contributed by atoms with E-state index in [4.69, 9.17) is 15.7 Å². The van der Waals surface area contributed by atoms with Crippen molar-refractivity contribution in [2.75, 3.05) is 42.8 Å². The molecule has 0 unspecified atom stereocenters. The summed E-state index contributed by atoms with van der Waals surface area (Å²) in [5.41, 5.74) is 16.9. The fourth-order valence-corrected chi connectivity index (χ4v) is 4.42. The first kappa shape index (κ1) is 23.9. The van der Waals surface area contributed by atoms with Crippen molar-refractivity contribution in [1.82, 2.24) is 9.97 Å². The highest BCUT2D eigenvalue weighted by molar-refractivity contribution is 5.89. The third-order valence-electron chi connectivity index (χ3n) is 6.29. The lowest BCUT2D eigenvalue weighted by Crippen LogP contribution is -2.02. The van der Waals surface area contributed by atoms with Gasteiger partial charge in [-0.3, -0.25) is 0 Å². The van der Waals surface area contributed by atoms with E-state index in [1.807, 2.05) is 69.7 Å². The molecule has 0 spiro atoms. The average molecular weight is 487 g/mol. The number of anilines is 4. The highest BCUT2D eigenvalue weighted by Crippen LogP contribution is 2.39. The van der Waals surface area contributed by atoms with Crippen LogP contribution in [0.15, 0.2) is 97.1 Å². The zero-order valence-electron chi connectivity index (χ0n) is 21.2. The van der Waals surface area contributed by atoms with Crippen molar-refractivity contribution >= 4 is 22.7 Å². The molecule has 0 aliphatic carbocycles. The van der Waals surface area contributed by atoms with E-state index in [9.17, 15) is 0 Å². The van der Waals surface area contributed by atoms with E-state index in [0.717, 1.165) is 62.1 Å². The zero-order valence-corrected chi connectivity index (χ0v) is 21.2. The number of nitrogens with one attached hydrogen (secondary N) is 3. The smallest absolute Gasteiger partial charge is 0.0974 e. The van der Waals surface area contributed by atoms with E-state index in [0.29, 0.717) is 5.69 Å². The van der Waals surface area contributed by atoms with Gasteiger partial charge in [-0.1, -0.05) is 60.7 Å². The lowest BCUT2D eigenvalue weighted by Gasteiger charge is -2.18. The second-order valence-electron chi connectivity index (χ2n) is 8.74. The number of nitrogens with zero attached hydrogens (tertiary/aromatic N) is 2. The first-order valence-electron chi connectivity index (χ1n) is 12.2.